The van der Waals surface area contributed by atoms with Gasteiger partial charge in [0, 0.05) is 13.0 Å². The molecule has 2 aliphatic rings. The van der Waals surface area contributed by atoms with Crippen LogP contribution in [0.3, 0.4) is 0 Å². The Morgan fingerprint density at radius 1 is 0.833 bits per heavy atom. The van der Waals surface area contributed by atoms with E-state index in [2.05, 4.69) is 0 Å². The van der Waals surface area contributed by atoms with Crippen molar-refractivity contribution in [3.8, 4) is 0 Å². The number of nitrogens with two attached hydrogens (primary N) is 2. The highest BCUT2D eigenvalue weighted by molar-refractivity contribution is 4.99. The molecule has 0 aromatic rings. The Balaban J connectivity index is 2.12. The van der Waals surface area contributed by atoms with E-state index in [1.54, 1.807) is 0 Å². The highest BCUT2D eigenvalue weighted by Crippen LogP contribution is 2.32. The van der Waals surface area contributed by atoms with E-state index in [4.69, 9.17) is 25.7 Å². The predicted molar refractivity (Wildman–Crippen MR) is 80.6 cm³/mol. The quantitative estimate of drug-likeness (QED) is 0.256. The first-order valence-electron chi connectivity index (χ1n) is 7.96. The molecule has 142 valence electrons. The zero-order valence-electron chi connectivity index (χ0n) is 13.5. The van der Waals surface area contributed by atoms with Gasteiger partial charge >= 0.3 is 0 Å². The third-order valence-electron chi connectivity index (χ3n) is 4.93. The number of aliphatic hydroxyl groups is 5. The van der Waals surface area contributed by atoms with Crippen LogP contribution in [0.15, 0.2) is 0 Å². The lowest BCUT2D eigenvalue weighted by Crippen LogP contribution is -2.64. The van der Waals surface area contributed by atoms with Crippen LogP contribution in [0.5, 0.6) is 0 Å². The zero-order chi connectivity index (χ0) is 18.0. The summed E-state index contributed by atoms with van der Waals surface area (Å²) in [4.78, 5) is 0. The van der Waals surface area contributed by atoms with Crippen LogP contribution < -0.4 is 11.5 Å². The fraction of sp³-hybridized carbons (Fsp3) is 1.00. The topological polar surface area (TPSA) is 181 Å². The van der Waals surface area contributed by atoms with Crippen molar-refractivity contribution in [3.05, 3.63) is 0 Å². The van der Waals surface area contributed by atoms with Crippen molar-refractivity contribution in [1.82, 2.24) is 0 Å². The number of rotatable bonds is 5. The van der Waals surface area contributed by atoms with E-state index in [0.717, 1.165) is 0 Å². The van der Waals surface area contributed by atoms with Gasteiger partial charge < -0.3 is 51.2 Å². The summed E-state index contributed by atoms with van der Waals surface area (Å²) >= 11 is 0. The van der Waals surface area contributed by atoms with Crippen molar-refractivity contribution in [2.75, 3.05) is 20.3 Å². The minimum atomic E-state index is -1.30. The van der Waals surface area contributed by atoms with Crippen molar-refractivity contribution in [2.45, 2.75) is 61.4 Å². The Kier molecular flexibility index (Phi) is 6.90. The summed E-state index contributed by atoms with van der Waals surface area (Å²) in [6, 6.07) is -1.75. The lowest BCUT2D eigenvalue weighted by molar-refractivity contribution is -0.254. The van der Waals surface area contributed by atoms with Crippen molar-refractivity contribution < 1.29 is 39.7 Å². The summed E-state index contributed by atoms with van der Waals surface area (Å²) in [6.07, 6.45) is -6.86. The maximum atomic E-state index is 10.4. The number of hydrogen-bond acceptors (Lipinski definition) is 10. The van der Waals surface area contributed by atoms with Crippen molar-refractivity contribution in [1.29, 1.82) is 0 Å². The monoisotopic (exact) mass is 352 g/mol. The predicted octanol–water partition coefficient (Wildman–Crippen LogP) is -4.15. The van der Waals surface area contributed by atoms with Crippen LogP contribution in [0.1, 0.15) is 6.42 Å². The zero-order valence-corrected chi connectivity index (χ0v) is 13.5. The molecule has 2 saturated heterocycles. The van der Waals surface area contributed by atoms with Crippen molar-refractivity contribution in [2.24, 2.45) is 17.4 Å². The summed E-state index contributed by atoms with van der Waals surface area (Å²) in [5.41, 5.74) is 11.8. The molecule has 0 spiro atoms. The SMILES string of the molecule is CO[C@H]1OC(CO)[C@H](CC2OC(CO)C(O)[C@H](O)[C@@H]2N)C(O)[C@H]1N. The molecule has 0 aromatic heterocycles. The minimum Gasteiger partial charge on any atom is -0.394 e. The van der Waals surface area contributed by atoms with E-state index in [1.165, 1.54) is 7.11 Å². The molecule has 9 N–H and O–H groups in total. The number of ether oxygens (including phenoxy) is 3. The number of hydrogen-bond donors (Lipinski definition) is 7. The maximum absolute atomic E-state index is 10.4. The second-order valence-corrected chi connectivity index (χ2v) is 6.38. The Morgan fingerprint density at radius 3 is 2.00 bits per heavy atom. The molecule has 2 aliphatic heterocycles. The highest BCUT2D eigenvalue weighted by atomic mass is 16.7. The molecular formula is C14H28N2O8. The molecule has 0 aromatic carbocycles. The normalized spacial score (nSPS) is 50.0. The van der Waals surface area contributed by atoms with Gasteiger partial charge in [-0.1, -0.05) is 0 Å². The second kappa shape index (κ2) is 8.32. The third-order valence-corrected chi connectivity index (χ3v) is 4.93. The smallest absolute Gasteiger partial charge is 0.175 e. The molecule has 0 amide bonds. The molecule has 0 aliphatic carbocycles. The average molecular weight is 352 g/mol. The standard InChI is InChI=1S/C14H28N2O8/c1-22-14-10(16)11(19)5(7(3-17)24-14)2-6-9(15)13(21)12(20)8(4-18)23-6/h5-14,17-21H,2-4,15-16H2,1H3/t5-,6?,7?,8?,9+,10+,11?,12?,13+,14-/m0/s1. The van der Waals surface area contributed by atoms with E-state index in [0.29, 0.717) is 0 Å². The number of aliphatic hydroxyl groups excluding tert-OH is 5. The highest BCUT2D eigenvalue weighted by Gasteiger charge is 2.48. The molecule has 10 heteroatoms. The minimum absolute atomic E-state index is 0.123. The summed E-state index contributed by atoms with van der Waals surface area (Å²) in [6.45, 7) is -0.856. The van der Waals surface area contributed by atoms with Gasteiger partial charge in [-0.25, -0.2) is 0 Å². The van der Waals surface area contributed by atoms with Crippen LogP contribution in [0, 0.1) is 5.92 Å². The molecule has 2 rings (SSSR count). The molecule has 10 atom stereocenters. The summed E-state index contributed by atoms with van der Waals surface area (Å²) in [5.74, 6) is -0.616. The summed E-state index contributed by atoms with van der Waals surface area (Å²) in [7, 11) is 1.38. The Morgan fingerprint density at radius 2 is 1.46 bits per heavy atom. The second-order valence-electron chi connectivity index (χ2n) is 6.38. The third kappa shape index (κ3) is 3.73. The molecule has 2 fully saturated rings. The van der Waals surface area contributed by atoms with Gasteiger partial charge in [-0.15, -0.1) is 0 Å². The van der Waals surface area contributed by atoms with Gasteiger partial charge in [-0.3, -0.25) is 0 Å². The van der Waals surface area contributed by atoms with Gasteiger partial charge in [0.2, 0.25) is 0 Å². The first-order chi connectivity index (χ1) is 11.3. The van der Waals surface area contributed by atoms with Crippen LogP contribution in [0.25, 0.3) is 0 Å². The average Bonchev–Trinajstić information content (AvgIpc) is 2.59. The van der Waals surface area contributed by atoms with Crippen LogP contribution in [0.4, 0.5) is 0 Å². The fourth-order valence-electron chi connectivity index (χ4n) is 3.41. The van der Waals surface area contributed by atoms with Gasteiger partial charge in [0.1, 0.15) is 18.3 Å². The van der Waals surface area contributed by atoms with E-state index < -0.39 is 67.5 Å². The Bertz CT molecular complexity index is 399. The summed E-state index contributed by atoms with van der Waals surface area (Å²) in [5, 5.41) is 49.1. The van der Waals surface area contributed by atoms with E-state index >= 15 is 0 Å². The van der Waals surface area contributed by atoms with Crippen LogP contribution >= 0.6 is 0 Å². The summed E-state index contributed by atoms with van der Waals surface area (Å²) < 4.78 is 16.2. The first kappa shape index (κ1) is 19.9. The van der Waals surface area contributed by atoms with E-state index in [-0.39, 0.29) is 13.0 Å². The fourth-order valence-corrected chi connectivity index (χ4v) is 3.41. The van der Waals surface area contributed by atoms with E-state index in [1.807, 2.05) is 0 Å². The molecular weight excluding hydrogens is 324 g/mol. The van der Waals surface area contributed by atoms with Gasteiger partial charge in [-0.05, 0) is 6.42 Å². The van der Waals surface area contributed by atoms with E-state index in [9.17, 15) is 25.5 Å². The lowest BCUT2D eigenvalue weighted by atomic mass is 9.80. The molecule has 24 heavy (non-hydrogen) atoms. The molecule has 5 unspecified atom stereocenters. The Labute approximate surface area is 139 Å². The van der Waals surface area contributed by atoms with Crippen LogP contribution in [-0.2, 0) is 14.2 Å². The van der Waals surface area contributed by atoms with Gasteiger partial charge in [0.05, 0.1) is 43.6 Å². The van der Waals surface area contributed by atoms with Crippen LogP contribution in [-0.4, -0.2) is 101 Å². The first-order valence-corrected chi connectivity index (χ1v) is 7.96. The molecule has 0 bridgehead atoms. The van der Waals surface area contributed by atoms with Crippen LogP contribution in [0.2, 0.25) is 0 Å². The molecule has 0 radical (unpaired) electrons. The maximum Gasteiger partial charge on any atom is 0.175 e. The Hall–Kier alpha value is -0.400. The lowest BCUT2D eigenvalue weighted by Gasteiger charge is -2.46. The molecule has 2 heterocycles. The molecule has 10 nitrogen and oxygen atoms in total. The number of methoxy groups -OCH3 is 1. The largest absolute Gasteiger partial charge is 0.394 e. The van der Waals surface area contributed by atoms with Crippen molar-refractivity contribution in [3.63, 3.8) is 0 Å². The molecule has 0 saturated carbocycles. The van der Waals surface area contributed by atoms with Gasteiger partial charge in [0.25, 0.3) is 0 Å². The van der Waals surface area contributed by atoms with Crippen molar-refractivity contribution >= 4 is 0 Å². The van der Waals surface area contributed by atoms with Gasteiger partial charge in [-0.2, -0.15) is 0 Å². The van der Waals surface area contributed by atoms with Gasteiger partial charge in [0.15, 0.2) is 6.29 Å².